The molecule has 0 saturated carbocycles. The molecule has 0 spiro atoms. The van der Waals surface area contributed by atoms with Gasteiger partial charge in [-0.2, -0.15) is 0 Å². The van der Waals surface area contributed by atoms with Crippen LogP contribution in [0.25, 0.3) is 0 Å². The lowest BCUT2D eigenvalue weighted by Gasteiger charge is -2.21. The molecular weight excluding hydrogens is 320 g/mol. The van der Waals surface area contributed by atoms with E-state index in [4.69, 9.17) is 4.74 Å². The van der Waals surface area contributed by atoms with Crippen molar-refractivity contribution in [2.24, 2.45) is 4.99 Å². The zero-order valence-corrected chi connectivity index (χ0v) is 16.5. The van der Waals surface area contributed by atoms with E-state index < -0.39 is 11.7 Å². The Bertz CT molecular complexity index is 422. The van der Waals surface area contributed by atoms with E-state index in [0.717, 1.165) is 38.7 Å². The van der Waals surface area contributed by atoms with E-state index in [9.17, 15) is 4.79 Å². The highest BCUT2D eigenvalue weighted by Crippen LogP contribution is 2.06. The smallest absolute Gasteiger partial charge is 0.407 e. The summed E-state index contributed by atoms with van der Waals surface area (Å²) >= 11 is 0. The molecule has 0 aliphatic carbocycles. The molecule has 0 aromatic heterocycles. The van der Waals surface area contributed by atoms with Crippen LogP contribution in [-0.4, -0.2) is 93.9 Å². The molecule has 0 atom stereocenters. The molecule has 8 heteroatoms. The summed E-state index contributed by atoms with van der Waals surface area (Å²) in [7, 11) is 3.93. The maximum absolute atomic E-state index is 11.6. The summed E-state index contributed by atoms with van der Waals surface area (Å²) in [5.74, 6) is 0.748. The molecule has 1 aliphatic heterocycles. The molecule has 0 unspecified atom stereocenters. The average Bonchev–Trinajstić information content (AvgIpc) is 2.72. The summed E-state index contributed by atoms with van der Waals surface area (Å²) in [5.41, 5.74) is -0.475. The third kappa shape index (κ3) is 10.8. The minimum Gasteiger partial charge on any atom is -0.444 e. The topological polar surface area (TPSA) is 81.2 Å². The molecular formula is C17H36N6O2. The van der Waals surface area contributed by atoms with Crippen LogP contribution in [0.5, 0.6) is 0 Å². The number of likely N-dealkylation sites (N-methyl/N-ethyl adjacent to an activating group) is 1. The summed E-state index contributed by atoms with van der Waals surface area (Å²) in [6.45, 7) is 13.0. The predicted molar refractivity (Wildman–Crippen MR) is 102 cm³/mol. The van der Waals surface area contributed by atoms with Crippen LogP contribution >= 0.6 is 0 Å². The van der Waals surface area contributed by atoms with Crippen LogP contribution in [0.15, 0.2) is 4.99 Å². The SMILES string of the molecule is CN=C(NCCNC(=O)OC(C)(C)C)NCCN1CCCN(C)CC1. The first kappa shape index (κ1) is 21.5. The molecule has 1 heterocycles. The van der Waals surface area contributed by atoms with Gasteiger partial charge in [-0.3, -0.25) is 4.99 Å². The first-order chi connectivity index (χ1) is 11.8. The highest BCUT2D eigenvalue weighted by molar-refractivity contribution is 5.79. The minimum absolute atomic E-state index is 0.400. The van der Waals surface area contributed by atoms with E-state index >= 15 is 0 Å². The van der Waals surface area contributed by atoms with Crippen molar-refractivity contribution < 1.29 is 9.53 Å². The summed E-state index contributed by atoms with van der Waals surface area (Å²) in [6, 6.07) is 0. The molecule has 1 aliphatic rings. The number of nitrogens with zero attached hydrogens (tertiary/aromatic N) is 3. The lowest BCUT2D eigenvalue weighted by Crippen LogP contribution is -2.44. The summed E-state index contributed by atoms with van der Waals surface area (Å²) in [5, 5.41) is 9.22. The number of ether oxygens (including phenoxy) is 1. The number of rotatable bonds is 6. The first-order valence-corrected chi connectivity index (χ1v) is 9.12. The minimum atomic E-state index is -0.475. The Morgan fingerprint density at radius 2 is 1.72 bits per heavy atom. The fourth-order valence-electron chi connectivity index (χ4n) is 2.54. The van der Waals surface area contributed by atoms with Gasteiger partial charge in [0.15, 0.2) is 5.96 Å². The van der Waals surface area contributed by atoms with E-state index in [1.165, 1.54) is 13.0 Å². The molecule has 3 N–H and O–H groups in total. The van der Waals surface area contributed by atoms with Crippen LogP contribution in [0, 0.1) is 0 Å². The second-order valence-electron chi connectivity index (χ2n) is 7.35. The largest absolute Gasteiger partial charge is 0.444 e. The quantitative estimate of drug-likeness (QED) is 0.361. The summed E-state index contributed by atoms with van der Waals surface area (Å²) < 4.78 is 5.19. The average molecular weight is 357 g/mol. The Balaban J connectivity index is 2.13. The number of alkyl carbamates (subject to hydrolysis) is 1. The Labute approximate surface area is 152 Å². The van der Waals surface area contributed by atoms with Gasteiger partial charge >= 0.3 is 6.09 Å². The molecule has 146 valence electrons. The number of amides is 1. The Morgan fingerprint density at radius 1 is 1.04 bits per heavy atom. The highest BCUT2D eigenvalue weighted by Gasteiger charge is 2.15. The van der Waals surface area contributed by atoms with Crippen LogP contribution in [0.1, 0.15) is 27.2 Å². The third-order valence-corrected chi connectivity index (χ3v) is 3.84. The molecule has 0 radical (unpaired) electrons. The zero-order valence-electron chi connectivity index (χ0n) is 16.5. The highest BCUT2D eigenvalue weighted by atomic mass is 16.6. The lowest BCUT2D eigenvalue weighted by atomic mass is 10.2. The van der Waals surface area contributed by atoms with Crippen molar-refractivity contribution in [3.05, 3.63) is 0 Å². The molecule has 0 aromatic rings. The van der Waals surface area contributed by atoms with Gasteiger partial charge < -0.3 is 30.5 Å². The van der Waals surface area contributed by atoms with Crippen molar-refractivity contribution in [2.75, 3.05) is 66.5 Å². The van der Waals surface area contributed by atoms with Crippen LogP contribution in [0.3, 0.4) is 0 Å². The number of guanidine groups is 1. The Hall–Kier alpha value is -1.54. The Kier molecular flexibility index (Phi) is 9.59. The molecule has 25 heavy (non-hydrogen) atoms. The first-order valence-electron chi connectivity index (χ1n) is 9.12. The standard InChI is InChI=1S/C17H36N6O2/c1-17(2,3)25-16(24)21-8-7-19-15(18-4)20-9-12-23-11-6-10-22(5)13-14-23/h6-14H2,1-5H3,(H,21,24)(H2,18,19,20). The van der Waals surface area contributed by atoms with E-state index in [-0.39, 0.29) is 0 Å². The van der Waals surface area contributed by atoms with E-state index in [0.29, 0.717) is 13.1 Å². The third-order valence-electron chi connectivity index (χ3n) is 3.84. The number of carbonyl (C=O) groups excluding carboxylic acids is 1. The normalized spacial score (nSPS) is 17.7. The molecule has 1 amide bonds. The number of hydrogen-bond donors (Lipinski definition) is 3. The van der Waals surface area contributed by atoms with Crippen LogP contribution in [0.4, 0.5) is 4.79 Å². The van der Waals surface area contributed by atoms with Gasteiger partial charge in [0.25, 0.3) is 0 Å². The van der Waals surface area contributed by atoms with Crippen molar-refractivity contribution in [1.29, 1.82) is 0 Å². The van der Waals surface area contributed by atoms with Crippen molar-refractivity contribution in [3.63, 3.8) is 0 Å². The zero-order chi connectivity index (χ0) is 18.7. The van der Waals surface area contributed by atoms with Gasteiger partial charge in [-0.1, -0.05) is 0 Å². The van der Waals surface area contributed by atoms with Gasteiger partial charge in [0.2, 0.25) is 0 Å². The molecule has 1 fully saturated rings. The van der Waals surface area contributed by atoms with Crippen molar-refractivity contribution in [2.45, 2.75) is 32.8 Å². The fraction of sp³-hybridized carbons (Fsp3) is 0.882. The van der Waals surface area contributed by atoms with Gasteiger partial charge in [-0.05, 0) is 47.3 Å². The maximum Gasteiger partial charge on any atom is 0.407 e. The van der Waals surface area contributed by atoms with E-state index in [2.05, 4.69) is 37.8 Å². The molecule has 0 bridgehead atoms. The number of aliphatic imine (C=N–C) groups is 1. The van der Waals surface area contributed by atoms with Crippen LogP contribution in [-0.2, 0) is 4.74 Å². The monoisotopic (exact) mass is 356 g/mol. The number of nitrogens with one attached hydrogen (secondary N) is 3. The van der Waals surface area contributed by atoms with Crippen molar-refractivity contribution in [3.8, 4) is 0 Å². The molecule has 8 nitrogen and oxygen atoms in total. The van der Waals surface area contributed by atoms with Gasteiger partial charge in [-0.25, -0.2) is 4.79 Å². The molecule has 1 saturated heterocycles. The van der Waals surface area contributed by atoms with Gasteiger partial charge in [0, 0.05) is 46.3 Å². The molecule has 0 aromatic carbocycles. The second-order valence-corrected chi connectivity index (χ2v) is 7.35. The van der Waals surface area contributed by atoms with Crippen LogP contribution in [0.2, 0.25) is 0 Å². The molecule has 1 rings (SSSR count). The Morgan fingerprint density at radius 3 is 2.40 bits per heavy atom. The summed E-state index contributed by atoms with van der Waals surface area (Å²) in [4.78, 5) is 20.6. The van der Waals surface area contributed by atoms with Gasteiger partial charge in [0.05, 0.1) is 0 Å². The van der Waals surface area contributed by atoms with E-state index in [1.54, 1.807) is 7.05 Å². The van der Waals surface area contributed by atoms with Gasteiger partial charge in [-0.15, -0.1) is 0 Å². The van der Waals surface area contributed by atoms with E-state index in [1.807, 2.05) is 20.8 Å². The van der Waals surface area contributed by atoms with Gasteiger partial charge in [0.1, 0.15) is 5.60 Å². The lowest BCUT2D eigenvalue weighted by molar-refractivity contribution is 0.0529. The van der Waals surface area contributed by atoms with Crippen molar-refractivity contribution >= 4 is 12.1 Å². The summed E-state index contributed by atoms with van der Waals surface area (Å²) in [6.07, 6.45) is 0.822. The maximum atomic E-state index is 11.6. The predicted octanol–water partition coefficient (Wildman–Crippen LogP) is 0.314. The number of hydrogen-bond acceptors (Lipinski definition) is 5. The van der Waals surface area contributed by atoms with Crippen LogP contribution < -0.4 is 16.0 Å². The fourth-order valence-corrected chi connectivity index (χ4v) is 2.54. The second kappa shape index (κ2) is 11.1. The number of carbonyl (C=O) groups is 1. The van der Waals surface area contributed by atoms with Crippen molar-refractivity contribution in [1.82, 2.24) is 25.8 Å².